The fourth-order valence-electron chi connectivity index (χ4n) is 2.02. The number of hydrogen-bond acceptors (Lipinski definition) is 7. The minimum absolute atomic E-state index is 0.142. The van der Waals surface area contributed by atoms with E-state index in [0.717, 1.165) is 11.5 Å². The minimum atomic E-state index is -0.142. The Labute approximate surface area is 130 Å². The fourth-order valence-corrected chi connectivity index (χ4v) is 3.02. The lowest BCUT2D eigenvalue weighted by Gasteiger charge is -2.18. The molecule has 0 aliphatic carbocycles. The first kappa shape index (κ1) is 14.5. The van der Waals surface area contributed by atoms with Gasteiger partial charge < -0.3 is 19.7 Å². The van der Waals surface area contributed by atoms with E-state index in [1.54, 1.807) is 31.0 Å². The molecule has 1 saturated heterocycles. The molecule has 1 aromatic heterocycles. The highest BCUT2D eigenvalue weighted by Gasteiger charge is 2.24. The van der Waals surface area contributed by atoms with Crippen LogP contribution >= 0.6 is 23.4 Å². The Kier molecular flexibility index (Phi) is 4.23. The number of ether oxygens (including phenoxy) is 2. The van der Waals surface area contributed by atoms with E-state index < -0.39 is 0 Å². The number of nitrogen functional groups attached to an aromatic ring is 1. The number of rotatable bonds is 3. The maximum Gasteiger partial charge on any atom is 0.261 e. The lowest BCUT2D eigenvalue weighted by molar-refractivity contribution is 0.0677. The molecule has 0 radical (unpaired) electrons. The zero-order valence-electron chi connectivity index (χ0n) is 11.3. The molecule has 1 aliphatic heterocycles. The summed E-state index contributed by atoms with van der Waals surface area (Å²) >= 11 is 7.86. The Morgan fingerprint density at radius 3 is 3.05 bits per heavy atom. The normalized spacial score (nSPS) is 18.7. The SMILES string of the molecule is COc1cc(N)c(Cl)cc1-c1nc(C2CSCCO2)no1. The van der Waals surface area contributed by atoms with Gasteiger partial charge in [0.15, 0.2) is 0 Å². The third-order valence-electron chi connectivity index (χ3n) is 3.09. The minimum Gasteiger partial charge on any atom is -0.496 e. The van der Waals surface area contributed by atoms with Crippen LogP contribution in [0.2, 0.25) is 5.02 Å². The second kappa shape index (κ2) is 6.13. The third-order valence-corrected chi connectivity index (χ3v) is 4.42. The predicted molar refractivity (Wildman–Crippen MR) is 81.7 cm³/mol. The van der Waals surface area contributed by atoms with Crippen molar-refractivity contribution in [2.24, 2.45) is 0 Å². The van der Waals surface area contributed by atoms with Crippen LogP contribution in [0.4, 0.5) is 5.69 Å². The molecule has 3 rings (SSSR count). The summed E-state index contributed by atoms with van der Waals surface area (Å²) in [6.07, 6.45) is -0.142. The summed E-state index contributed by atoms with van der Waals surface area (Å²) in [5.74, 6) is 3.21. The molecule has 1 aromatic carbocycles. The van der Waals surface area contributed by atoms with Gasteiger partial charge >= 0.3 is 0 Å². The molecule has 1 aliphatic rings. The van der Waals surface area contributed by atoms with Crippen molar-refractivity contribution in [1.29, 1.82) is 0 Å². The Balaban J connectivity index is 1.94. The second-order valence-electron chi connectivity index (χ2n) is 4.47. The molecule has 2 aromatic rings. The molecule has 0 saturated carbocycles. The zero-order valence-corrected chi connectivity index (χ0v) is 12.9. The van der Waals surface area contributed by atoms with Crippen molar-refractivity contribution in [3.05, 3.63) is 23.0 Å². The van der Waals surface area contributed by atoms with Crippen LogP contribution in [0.5, 0.6) is 5.75 Å². The lowest BCUT2D eigenvalue weighted by atomic mass is 10.2. The largest absolute Gasteiger partial charge is 0.496 e. The Morgan fingerprint density at radius 2 is 2.33 bits per heavy atom. The highest BCUT2D eigenvalue weighted by molar-refractivity contribution is 7.99. The molecule has 8 heteroatoms. The molecule has 0 spiro atoms. The number of nitrogens with two attached hydrogens (primary N) is 1. The van der Waals surface area contributed by atoms with Crippen LogP contribution < -0.4 is 10.5 Å². The van der Waals surface area contributed by atoms with Gasteiger partial charge in [0.05, 0.1) is 30.0 Å². The number of methoxy groups -OCH3 is 1. The van der Waals surface area contributed by atoms with Gasteiger partial charge in [-0.1, -0.05) is 16.8 Å². The first-order valence-corrected chi connectivity index (χ1v) is 7.88. The quantitative estimate of drug-likeness (QED) is 0.868. The van der Waals surface area contributed by atoms with Crippen LogP contribution in [0.1, 0.15) is 11.9 Å². The Morgan fingerprint density at radius 1 is 1.48 bits per heavy atom. The van der Waals surface area contributed by atoms with Gasteiger partial charge in [-0.3, -0.25) is 0 Å². The molecule has 0 bridgehead atoms. The summed E-state index contributed by atoms with van der Waals surface area (Å²) in [6, 6.07) is 3.29. The van der Waals surface area contributed by atoms with Gasteiger partial charge in [-0.2, -0.15) is 16.7 Å². The zero-order chi connectivity index (χ0) is 14.8. The first-order valence-electron chi connectivity index (χ1n) is 6.35. The summed E-state index contributed by atoms with van der Waals surface area (Å²) in [5.41, 5.74) is 6.81. The summed E-state index contributed by atoms with van der Waals surface area (Å²) in [5, 5.41) is 4.40. The number of anilines is 1. The van der Waals surface area contributed by atoms with Gasteiger partial charge in [0.1, 0.15) is 11.9 Å². The van der Waals surface area contributed by atoms with E-state index in [1.807, 2.05) is 0 Å². The van der Waals surface area contributed by atoms with Gasteiger partial charge in [0.25, 0.3) is 5.89 Å². The molecule has 1 fully saturated rings. The monoisotopic (exact) mass is 327 g/mol. The van der Waals surface area contributed by atoms with Crippen molar-refractivity contribution in [3.63, 3.8) is 0 Å². The van der Waals surface area contributed by atoms with Gasteiger partial charge in [0.2, 0.25) is 5.82 Å². The molecule has 112 valence electrons. The molecule has 21 heavy (non-hydrogen) atoms. The molecule has 1 unspecified atom stereocenters. The summed E-state index contributed by atoms with van der Waals surface area (Å²) in [7, 11) is 1.55. The summed E-state index contributed by atoms with van der Waals surface area (Å²) < 4.78 is 16.2. The van der Waals surface area contributed by atoms with E-state index in [9.17, 15) is 0 Å². The highest BCUT2D eigenvalue weighted by atomic mass is 35.5. The van der Waals surface area contributed by atoms with Crippen molar-refractivity contribution >= 4 is 29.1 Å². The number of benzene rings is 1. The molecule has 6 nitrogen and oxygen atoms in total. The number of nitrogens with zero attached hydrogens (tertiary/aromatic N) is 2. The van der Waals surface area contributed by atoms with Crippen molar-refractivity contribution in [2.75, 3.05) is 31.0 Å². The maximum atomic E-state index is 6.05. The predicted octanol–water partition coefficient (Wildman–Crippen LogP) is 2.79. The third kappa shape index (κ3) is 2.95. The molecule has 0 amide bonds. The second-order valence-corrected chi connectivity index (χ2v) is 6.02. The van der Waals surface area contributed by atoms with E-state index in [2.05, 4.69) is 10.1 Å². The fraction of sp³-hybridized carbons (Fsp3) is 0.385. The van der Waals surface area contributed by atoms with Gasteiger partial charge in [-0.05, 0) is 6.07 Å². The number of thioether (sulfide) groups is 1. The van der Waals surface area contributed by atoms with Gasteiger partial charge in [-0.25, -0.2) is 0 Å². The molecular weight excluding hydrogens is 314 g/mol. The van der Waals surface area contributed by atoms with E-state index in [-0.39, 0.29) is 6.10 Å². The number of hydrogen-bond donors (Lipinski definition) is 1. The average molecular weight is 328 g/mol. The van der Waals surface area contributed by atoms with Crippen LogP contribution in [0.3, 0.4) is 0 Å². The van der Waals surface area contributed by atoms with Crippen LogP contribution in [-0.4, -0.2) is 35.4 Å². The number of aromatic nitrogens is 2. The average Bonchev–Trinajstić information content (AvgIpc) is 3.00. The van der Waals surface area contributed by atoms with E-state index in [4.69, 9.17) is 31.3 Å². The smallest absolute Gasteiger partial charge is 0.261 e. The molecule has 2 N–H and O–H groups in total. The van der Waals surface area contributed by atoms with E-state index >= 15 is 0 Å². The molecule has 2 heterocycles. The first-order chi connectivity index (χ1) is 10.2. The molecular formula is C13H14ClN3O3S. The van der Waals surface area contributed by atoms with Crippen LogP contribution in [0, 0.1) is 0 Å². The lowest BCUT2D eigenvalue weighted by Crippen LogP contribution is -2.16. The van der Waals surface area contributed by atoms with Gasteiger partial charge in [-0.15, -0.1) is 0 Å². The highest BCUT2D eigenvalue weighted by Crippen LogP contribution is 2.36. The summed E-state index contributed by atoms with van der Waals surface area (Å²) in [4.78, 5) is 4.39. The maximum absolute atomic E-state index is 6.05. The van der Waals surface area contributed by atoms with Crippen molar-refractivity contribution in [1.82, 2.24) is 10.1 Å². The van der Waals surface area contributed by atoms with Crippen molar-refractivity contribution in [3.8, 4) is 17.2 Å². The van der Waals surface area contributed by atoms with Crippen molar-refractivity contribution < 1.29 is 14.0 Å². The van der Waals surface area contributed by atoms with Crippen molar-refractivity contribution in [2.45, 2.75) is 6.10 Å². The van der Waals surface area contributed by atoms with Gasteiger partial charge in [0, 0.05) is 17.6 Å². The summed E-state index contributed by atoms with van der Waals surface area (Å²) in [6.45, 7) is 0.691. The van der Waals surface area contributed by atoms with Crippen LogP contribution in [-0.2, 0) is 4.74 Å². The Bertz CT molecular complexity index is 644. The van der Waals surface area contributed by atoms with Crippen LogP contribution in [0.15, 0.2) is 16.7 Å². The topological polar surface area (TPSA) is 83.4 Å². The standard InChI is InChI=1S/C13H14ClN3O3S/c1-18-10-5-9(15)8(14)4-7(10)13-16-12(17-20-13)11-6-21-3-2-19-11/h4-5,11H,2-3,6,15H2,1H3. The Hall–Kier alpha value is -1.44. The van der Waals surface area contributed by atoms with Crippen LogP contribution in [0.25, 0.3) is 11.5 Å². The van der Waals surface area contributed by atoms with E-state index in [0.29, 0.717) is 40.3 Å². The van der Waals surface area contributed by atoms with E-state index in [1.165, 1.54) is 0 Å². The molecule has 1 atom stereocenters. The number of halogens is 1.